The lowest BCUT2D eigenvalue weighted by molar-refractivity contribution is -0.137. The molecule has 4 N–H and O–H groups in total. The van der Waals surface area contributed by atoms with Crippen molar-refractivity contribution >= 4 is 28.7 Å². The number of hydrogen-bond acceptors (Lipinski definition) is 4. The van der Waals surface area contributed by atoms with E-state index in [0.29, 0.717) is 17.3 Å². The van der Waals surface area contributed by atoms with Crippen molar-refractivity contribution in [1.29, 1.82) is 0 Å². The molecule has 0 radical (unpaired) electrons. The Bertz CT molecular complexity index is 828. The molecule has 8 nitrogen and oxygen atoms in total. The number of pyridine rings is 1. The van der Waals surface area contributed by atoms with Crippen LogP contribution in [0.5, 0.6) is 0 Å². The number of rotatable bonds is 7. The molecule has 0 aliphatic rings. The van der Waals surface area contributed by atoms with Gasteiger partial charge in [-0.1, -0.05) is 12.1 Å². The molecule has 8 heteroatoms. The predicted molar refractivity (Wildman–Crippen MR) is 86.8 cm³/mol. The van der Waals surface area contributed by atoms with Crippen molar-refractivity contribution in [3.63, 3.8) is 0 Å². The van der Waals surface area contributed by atoms with Crippen LogP contribution in [0.1, 0.15) is 23.2 Å². The van der Waals surface area contributed by atoms with Gasteiger partial charge in [-0.2, -0.15) is 0 Å². The van der Waals surface area contributed by atoms with Gasteiger partial charge >= 0.3 is 5.97 Å². The van der Waals surface area contributed by atoms with Gasteiger partial charge in [0.1, 0.15) is 5.56 Å². The molecule has 0 aliphatic carbocycles. The van der Waals surface area contributed by atoms with E-state index >= 15 is 0 Å². The van der Waals surface area contributed by atoms with Crippen LogP contribution >= 0.6 is 0 Å². The van der Waals surface area contributed by atoms with E-state index in [0.717, 1.165) is 0 Å². The monoisotopic (exact) mass is 331 g/mol. The van der Waals surface area contributed by atoms with Gasteiger partial charge in [-0.05, 0) is 18.6 Å². The third kappa shape index (κ3) is 4.42. The number of carbonyl (C=O) groups excluding carboxylic acids is 2. The van der Waals surface area contributed by atoms with Gasteiger partial charge in [0.2, 0.25) is 11.3 Å². The van der Waals surface area contributed by atoms with Gasteiger partial charge < -0.3 is 20.7 Å². The molecule has 2 rings (SSSR count). The summed E-state index contributed by atoms with van der Waals surface area (Å²) in [7, 11) is 0. The predicted octanol–water partition coefficient (Wildman–Crippen LogP) is 0.239. The van der Waals surface area contributed by atoms with Crippen LogP contribution in [0.2, 0.25) is 0 Å². The van der Waals surface area contributed by atoms with Gasteiger partial charge in [-0.25, -0.2) is 0 Å². The summed E-state index contributed by atoms with van der Waals surface area (Å²) < 4.78 is 0. The van der Waals surface area contributed by atoms with E-state index in [4.69, 9.17) is 5.11 Å². The van der Waals surface area contributed by atoms with Crippen LogP contribution in [-0.2, 0) is 9.59 Å². The van der Waals surface area contributed by atoms with Gasteiger partial charge in [-0.15, -0.1) is 0 Å². The molecule has 0 aliphatic heterocycles. The largest absolute Gasteiger partial charge is 0.481 e. The highest BCUT2D eigenvalue weighted by atomic mass is 16.4. The lowest BCUT2D eigenvalue weighted by Crippen LogP contribution is -2.38. The number of aromatic amines is 1. The van der Waals surface area contributed by atoms with Crippen LogP contribution in [0, 0.1) is 0 Å². The number of amides is 2. The minimum Gasteiger partial charge on any atom is -0.481 e. The third-order valence-electron chi connectivity index (χ3n) is 3.33. The average Bonchev–Trinajstić information content (AvgIpc) is 2.57. The van der Waals surface area contributed by atoms with Gasteiger partial charge in [0.25, 0.3) is 5.91 Å². The number of benzene rings is 1. The summed E-state index contributed by atoms with van der Waals surface area (Å²) >= 11 is 0. The number of fused-ring (bicyclic) bond motifs is 1. The van der Waals surface area contributed by atoms with Crippen LogP contribution in [-0.4, -0.2) is 41.0 Å². The Morgan fingerprint density at radius 1 is 1.12 bits per heavy atom. The highest BCUT2D eigenvalue weighted by Crippen LogP contribution is 2.06. The lowest BCUT2D eigenvalue weighted by atomic mass is 10.1. The standard InChI is InChI=1S/C16H17N3O5/c20-13(17-7-3-6-14(21)22)9-19-16(24)11-8-18-12-5-2-1-4-10(12)15(11)23/h1-2,4-5,8H,3,6-7,9H2,(H,17,20)(H,18,23)(H,19,24)(H,21,22). The molecule has 2 aromatic rings. The van der Waals surface area contributed by atoms with Crippen LogP contribution in [0.25, 0.3) is 10.9 Å². The summed E-state index contributed by atoms with van der Waals surface area (Å²) in [6.45, 7) is -0.0876. The van der Waals surface area contributed by atoms with E-state index in [2.05, 4.69) is 15.6 Å². The van der Waals surface area contributed by atoms with E-state index in [-0.39, 0.29) is 25.1 Å². The van der Waals surface area contributed by atoms with Crippen LogP contribution in [0.4, 0.5) is 0 Å². The van der Waals surface area contributed by atoms with E-state index in [1.54, 1.807) is 24.3 Å². The van der Waals surface area contributed by atoms with Gasteiger partial charge in [-0.3, -0.25) is 19.2 Å². The Labute approximate surface area is 136 Å². The maximum Gasteiger partial charge on any atom is 0.303 e. The topological polar surface area (TPSA) is 128 Å². The van der Waals surface area contributed by atoms with Crippen LogP contribution < -0.4 is 16.1 Å². The normalized spacial score (nSPS) is 10.3. The number of carbonyl (C=O) groups is 3. The maximum atomic E-state index is 12.3. The summed E-state index contributed by atoms with van der Waals surface area (Å²) in [5, 5.41) is 13.7. The first kappa shape index (κ1) is 17.2. The highest BCUT2D eigenvalue weighted by molar-refractivity contribution is 5.98. The first-order valence-electron chi connectivity index (χ1n) is 7.36. The third-order valence-corrected chi connectivity index (χ3v) is 3.33. The Kier molecular flexibility index (Phi) is 5.67. The van der Waals surface area contributed by atoms with Gasteiger partial charge in [0.15, 0.2) is 0 Å². The number of carboxylic acid groups (broad SMARTS) is 1. The quantitative estimate of drug-likeness (QED) is 0.540. The summed E-state index contributed by atoms with van der Waals surface area (Å²) in [5.41, 5.74) is 0.131. The molecule has 0 bridgehead atoms. The number of aliphatic carboxylic acids is 1. The first-order chi connectivity index (χ1) is 11.5. The molecule has 0 unspecified atom stereocenters. The zero-order valence-corrected chi connectivity index (χ0v) is 12.8. The van der Waals surface area contributed by atoms with Crippen molar-refractivity contribution in [3.05, 3.63) is 46.2 Å². The van der Waals surface area contributed by atoms with Gasteiger partial charge in [0, 0.05) is 30.1 Å². The molecule has 0 saturated heterocycles. The van der Waals surface area contributed by atoms with Gasteiger partial charge in [0.05, 0.1) is 6.54 Å². The molecule has 0 fully saturated rings. The molecule has 1 aromatic heterocycles. The molecule has 0 spiro atoms. The zero-order chi connectivity index (χ0) is 17.5. The maximum absolute atomic E-state index is 12.3. The van der Waals surface area contributed by atoms with E-state index < -0.39 is 23.2 Å². The van der Waals surface area contributed by atoms with Crippen LogP contribution in [0.15, 0.2) is 35.3 Å². The van der Waals surface area contributed by atoms with Crippen molar-refractivity contribution in [3.8, 4) is 0 Å². The minimum absolute atomic E-state index is 0.0426. The number of nitrogens with one attached hydrogen (secondary N) is 3. The molecule has 1 heterocycles. The summed E-state index contributed by atoms with van der Waals surface area (Å²) in [4.78, 5) is 49.1. The Balaban J connectivity index is 1.91. The molecule has 0 atom stereocenters. The first-order valence-corrected chi connectivity index (χ1v) is 7.36. The van der Waals surface area contributed by atoms with Crippen molar-refractivity contribution in [2.45, 2.75) is 12.8 Å². The number of para-hydroxylation sites is 1. The second-order valence-corrected chi connectivity index (χ2v) is 5.11. The second kappa shape index (κ2) is 7.91. The SMILES string of the molecule is O=C(O)CCCNC(=O)CNC(=O)c1c[nH]c2ccccc2c1=O. The van der Waals surface area contributed by atoms with E-state index in [1.807, 2.05) is 0 Å². The van der Waals surface area contributed by atoms with E-state index in [1.165, 1.54) is 6.20 Å². The Morgan fingerprint density at radius 3 is 2.62 bits per heavy atom. The smallest absolute Gasteiger partial charge is 0.303 e. The van der Waals surface area contributed by atoms with Crippen molar-refractivity contribution in [1.82, 2.24) is 15.6 Å². The fourth-order valence-corrected chi connectivity index (χ4v) is 2.12. The second-order valence-electron chi connectivity index (χ2n) is 5.11. The van der Waals surface area contributed by atoms with Crippen molar-refractivity contribution < 1.29 is 19.5 Å². The average molecular weight is 331 g/mol. The molecular weight excluding hydrogens is 314 g/mol. The number of hydrogen-bond donors (Lipinski definition) is 4. The fraction of sp³-hybridized carbons (Fsp3) is 0.250. The van der Waals surface area contributed by atoms with Crippen molar-refractivity contribution in [2.75, 3.05) is 13.1 Å². The molecule has 24 heavy (non-hydrogen) atoms. The molecule has 126 valence electrons. The molecule has 2 amide bonds. The number of carboxylic acids is 1. The Morgan fingerprint density at radius 2 is 1.88 bits per heavy atom. The number of aromatic nitrogens is 1. The zero-order valence-electron chi connectivity index (χ0n) is 12.8. The molecular formula is C16H17N3O5. The summed E-state index contributed by atoms with van der Waals surface area (Å²) in [6.07, 6.45) is 1.57. The number of H-pyrrole nitrogens is 1. The summed E-state index contributed by atoms with van der Waals surface area (Å²) in [5.74, 6) is -2.04. The van der Waals surface area contributed by atoms with Crippen LogP contribution in [0.3, 0.4) is 0 Å². The molecule has 1 aromatic carbocycles. The van der Waals surface area contributed by atoms with E-state index in [9.17, 15) is 19.2 Å². The Hall–Kier alpha value is -3.16. The lowest BCUT2D eigenvalue weighted by Gasteiger charge is -2.07. The molecule has 0 saturated carbocycles. The fourth-order valence-electron chi connectivity index (χ4n) is 2.12. The summed E-state index contributed by atoms with van der Waals surface area (Å²) in [6, 6.07) is 6.81. The highest BCUT2D eigenvalue weighted by Gasteiger charge is 2.13. The minimum atomic E-state index is -0.937. The van der Waals surface area contributed by atoms with Crippen molar-refractivity contribution in [2.24, 2.45) is 0 Å².